The summed E-state index contributed by atoms with van der Waals surface area (Å²) in [5.41, 5.74) is -0.911. The largest absolute Gasteiger partial charge is 0.396 e. The second-order valence-corrected chi connectivity index (χ2v) is 3.63. The van der Waals surface area contributed by atoms with Crippen LogP contribution < -0.4 is 0 Å². The Morgan fingerprint density at radius 1 is 1.45 bits per heavy atom. The van der Waals surface area contributed by atoms with Gasteiger partial charge in [0, 0.05) is 6.61 Å². The maximum absolute atomic E-state index is 13.5. The van der Waals surface area contributed by atoms with E-state index in [2.05, 4.69) is 0 Å². The molecule has 0 aromatic rings. The quantitative estimate of drug-likeness (QED) is 0.657. The fourth-order valence-electron chi connectivity index (χ4n) is 1.73. The number of aliphatic hydroxyl groups excluding tert-OH is 1. The molecule has 0 spiro atoms. The lowest BCUT2D eigenvalue weighted by atomic mass is 9.79. The van der Waals surface area contributed by atoms with Crippen molar-refractivity contribution in [3.8, 4) is 0 Å². The van der Waals surface area contributed by atoms with E-state index in [1.54, 1.807) is 0 Å². The van der Waals surface area contributed by atoms with E-state index in [1.807, 2.05) is 6.92 Å². The van der Waals surface area contributed by atoms with Crippen LogP contribution in [0.25, 0.3) is 0 Å². The third-order valence-corrected chi connectivity index (χ3v) is 2.89. The molecular weight excluding hydrogens is 143 g/mol. The maximum Gasteiger partial charge on any atom is 0.110 e. The SMILES string of the molecule is CCC1(F)CCC(CO)CC1. The number of alkyl halides is 1. The standard InChI is InChI=1S/C9H17FO/c1-2-9(10)5-3-8(7-11)4-6-9/h8,11H,2-7H2,1H3. The van der Waals surface area contributed by atoms with Gasteiger partial charge in [-0.1, -0.05) is 6.92 Å². The molecule has 1 saturated carbocycles. The van der Waals surface area contributed by atoms with Gasteiger partial charge in [0.2, 0.25) is 0 Å². The van der Waals surface area contributed by atoms with Crippen LogP contribution in [0.4, 0.5) is 4.39 Å². The summed E-state index contributed by atoms with van der Waals surface area (Å²) in [6.45, 7) is 2.14. The van der Waals surface area contributed by atoms with Gasteiger partial charge in [-0.15, -0.1) is 0 Å². The van der Waals surface area contributed by atoms with Gasteiger partial charge in [-0.25, -0.2) is 4.39 Å². The molecule has 1 fully saturated rings. The van der Waals surface area contributed by atoms with E-state index in [0.717, 1.165) is 12.8 Å². The van der Waals surface area contributed by atoms with Gasteiger partial charge in [-0.3, -0.25) is 0 Å². The summed E-state index contributed by atoms with van der Waals surface area (Å²) in [6, 6.07) is 0. The van der Waals surface area contributed by atoms with Crippen molar-refractivity contribution in [3.05, 3.63) is 0 Å². The molecule has 1 aliphatic rings. The van der Waals surface area contributed by atoms with Crippen molar-refractivity contribution in [2.75, 3.05) is 6.61 Å². The van der Waals surface area contributed by atoms with Crippen LogP contribution in [0.2, 0.25) is 0 Å². The van der Waals surface area contributed by atoms with Crippen molar-refractivity contribution in [1.82, 2.24) is 0 Å². The van der Waals surface area contributed by atoms with Gasteiger partial charge in [0.25, 0.3) is 0 Å². The Kier molecular flexibility index (Phi) is 2.88. The molecule has 2 heteroatoms. The number of rotatable bonds is 2. The predicted octanol–water partition coefficient (Wildman–Crippen LogP) is 2.29. The first kappa shape index (κ1) is 8.98. The molecule has 0 aromatic carbocycles. The van der Waals surface area contributed by atoms with E-state index in [9.17, 15) is 4.39 Å². The first-order valence-corrected chi connectivity index (χ1v) is 4.50. The number of hydrogen-bond acceptors (Lipinski definition) is 1. The van der Waals surface area contributed by atoms with Gasteiger partial charge in [0.05, 0.1) is 0 Å². The van der Waals surface area contributed by atoms with Crippen LogP contribution in [0.1, 0.15) is 39.0 Å². The zero-order chi connectivity index (χ0) is 8.32. The van der Waals surface area contributed by atoms with Gasteiger partial charge in [0.1, 0.15) is 5.67 Å². The minimum atomic E-state index is -0.911. The average molecular weight is 160 g/mol. The summed E-state index contributed by atoms with van der Waals surface area (Å²) in [5.74, 6) is 0.366. The Hall–Kier alpha value is -0.110. The number of hydrogen-bond donors (Lipinski definition) is 1. The van der Waals surface area contributed by atoms with Crippen LogP contribution in [-0.2, 0) is 0 Å². The molecule has 11 heavy (non-hydrogen) atoms. The fourth-order valence-corrected chi connectivity index (χ4v) is 1.73. The topological polar surface area (TPSA) is 20.2 Å². The summed E-state index contributed by atoms with van der Waals surface area (Å²) in [5, 5.41) is 8.81. The molecule has 0 aliphatic heterocycles. The van der Waals surface area contributed by atoms with Crippen molar-refractivity contribution in [1.29, 1.82) is 0 Å². The highest BCUT2D eigenvalue weighted by Gasteiger charge is 2.32. The third kappa shape index (κ3) is 2.16. The van der Waals surface area contributed by atoms with Gasteiger partial charge < -0.3 is 5.11 Å². The molecule has 1 N–H and O–H groups in total. The molecule has 0 aromatic heterocycles. The maximum atomic E-state index is 13.5. The van der Waals surface area contributed by atoms with Gasteiger partial charge in [-0.05, 0) is 38.0 Å². The fraction of sp³-hybridized carbons (Fsp3) is 1.00. The summed E-state index contributed by atoms with van der Waals surface area (Å²) in [6.07, 6.45) is 3.65. The lowest BCUT2D eigenvalue weighted by Crippen LogP contribution is -2.29. The molecule has 1 aliphatic carbocycles. The van der Waals surface area contributed by atoms with E-state index in [0.29, 0.717) is 25.2 Å². The summed E-state index contributed by atoms with van der Waals surface area (Å²) in [7, 11) is 0. The molecule has 0 radical (unpaired) electrons. The zero-order valence-corrected chi connectivity index (χ0v) is 7.15. The van der Waals surface area contributed by atoms with E-state index in [-0.39, 0.29) is 6.61 Å². The Labute approximate surface area is 67.6 Å². The van der Waals surface area contributed by atoms with Crippen molar-refractivity contribution in [2.45, 2.75) is 44.7 Å². The second-order valence-electron chi connectivity index (χ2n) is 3.63. The molecule has 0 saturated heterocycles. The molecule has 0 unspecified atom stereocenters. The van der Waals surface area contributed by atoms with Gasteiger partial charge >= 0.3 is 0 Å². The highest BCUT2D eigenvalue weighted by atomic mass is 19.1. The van der Waals surface area contributed by atoms with Crippen LogP contribution >= 0.6 is 0 Å². The van der Waals surface area contributed by atoms with Crippen molar-refractivity contribution in [3.63, 3.8) is 0 Å². The average Bonchev–Trinajstić information content (AvgIpc) is 2.06. The van der Waals surface area contributed by atoms with Gasteiger partial charge in [-0.2, -0.15) is 0 Å². The van der Waals surface area contributed by atoms with Crippen LogP contribution in [0.3, 0.4) is 0 Å². The highest BCUT2D eigenvalue weighted by Crippen LogP contribution is 2.36. The minimum Gasteiger partial charge on any atom is -0.396 e. The lowest BCUT2D eigenvalue weighted by Gasteiger charge is -2.32. The monoisotopic (exact) mass is 160 g/mol. The van der Waals surface area contributed by atoms with E-state index >= 15 is 0 Å². The normalized spacial score (nSPS) is 39.0. The second kappa shape index (κ2) is 3.53. The molecule has 66 valence electrons. The van der Waals surface area contributed by atoms with Crippen molar-refractivity contribution in [2.24, 2.45) is 5.92 Å². The third-order valence-electron chi connectivity index (χ3n) is 2.89. The Balaban J connectivity index is 2.35. The summed E-state index contributed by atoms with van der Waals surface area (Å²) >= 11 is 0. The van der Waals surface area contributed by atoms with Gasteiger partial charge in [0.15, 0.2) is 0 Å². The molecule has 0 bridgehead atoms. The lowest BCUT2D eigenvalue weighted by molar-refractivity contribution is 0.0611. The van der Waals surface area contributed by atoms with Crippen LogP contribution in [0.15, 0.2) is 0 Å². The molecule has 1 rings (SSSR count). The van der Waals surface area contributed by atoms with E-state index in [1.165, 1.54) is 0 Å². The first-order chi connectivity index (χ1) is 5.20. The molecule has 0 amide bonds. The van der Waals surface area contributed by atoms with Crippen LogP contribution in [-0.4, -0.2) is 17.4 Å². The number of aliphatic hydroxyl groups is 1. The molecule has 0 atom stereocenters. The molecule has 0 heterocycles. The Morgan fingerprint density at radius 2 is 2.00 bits per heavy atom. The Bertz CT molecular complexity index is 117. The Morgan fingerprint density at radius 3 is 2.36 bits per heavy atom. The van der Waals surface area contributed by atoms with E-state index in [4.69, 9.17) is 5.11 Å². The molecule has 1 nitrogen and oxygen atoms in total. The van der Waals surface area contributed by atoms with Crippen molar-refractivity contribution < 1.29 is 9.50 Å². The number of halogens is 1. The predicted molar refractivity (Wildman–Crippen MR) is 43.2 cm³/mol. The summed E-state index contributed by atoms with van der Waals surface area (Å²) in [4.78, 5) is 0. The zero-order valence-electron chi connectivity index (χ0n) is 7.15. The smallest absolute Gasteiger partial charge is 0.110 e. The summed E-state index contributed by atoms with van der Waals surface area (Å²) < 4.78 is 13.5. The first-order valence-electron chi connectivity index (χ1n) is 4.50. The molecular formula is C9H17FO. The van der Waals surface area contributed by atoms with Crippen molar-refractivity contribution >= 4 is 0 Å². The van der Waals surface area contributed by atoms with E-state index < -0.39 is 5.67 Å². The highest BCUT2D eigenvalue weighted by molar-refractivity contribution is 4.84. The van der Waals surface area contributed by atoms with Crippen LogP contribution in [0, 0.1) is 5.92 Å². The minimum absolute atomic E-state index is 0.236. The van der Waals surface area contributed by atoms with Crippen LogP contribution in [0.5, 0.6) is 0 Å².